The molecule has 1 rings (SSSR count). The van der Waals surface area contributed by atoms with Gasteiger partial charge in [0.1, 0.15) is 6.67 Å². The zero-order chi connectivity index (χ0) is 9.19. The summed E-state index contributed by atoms with van der Waals surface area (Å²) in [5.74, 6) is 0. The van der Waals surface area contributed by atoms with Gasteiger partial charge in [0.05, 0.1) is 0 Å². The highest BCUT2D eigenvalue weighted by molar-refractivity contribution is 5.28. The molecule has 0 aliphatic carbocycles. The molecule has 0 saturated carbocycles. The van der Waals surface area contributed by atoms with Gasteiger partial charge in [0.2, 0.25) is 0 Å². The third-order valence-electron chi connectivity index (χ3n) is 1.95. The lowest BCUT2D eigenvalue weighted by Gasteiger charge is -2.19. The van der Waals surface area contributed by atoms with Crippen LogP contribution in [0, 0.1) is 0 Å². The third kappa shape index (κ3) is 2.07. The van der Waals surface area contributed by atoms with E-state index in [0.717, 1.165) is 5.56 Å². The largest absolute Gasteiger partial charge is 0.246 e. The van der Waals surface area contributed by atoms with E-state index in [1.807, 2.05) is 24.3 Å². The van der Waals surface area contributed by atoms with Crippen LogP contribution in [-0.4, -0.2) is 0 Å². The van der Waals surface area contributed by atoms with Gasteiger partial charge in [-0.15, -0.1) is 0 Å². The van der Waals surface area contributed by atoms with Crippen LogP contribution in [0.5, 0.6) is 0 Å². The van der Waals surface area contributed by atoms with Crippen LogP contribution in [0.25, 0.3) is 0 Å². The van der Waals surface area contributed by atoms with Crippen molar-refractivity contribution in [3.05, 3.63) is 35.4 Å². The molecule has 0 aliphatic heterocycles. The van der Waals surface area contributed by atoms with Crippen LogP contribution in [0.4, 0.5) is 4.39 Å². The highest BCUT2D eigenvalue weighted by Crippen LogP contribution is 2.22. The summed E-state index contributed by atoms with van der Waals surface area (Å²) >= 11 is 0. The van der Waals surface area contributed by atoms with Crippen LogP contribution in [0.15, 0.2) is 24.3 Å². The second-order valence-corrected chi connectivity index (χ2v) is 4.08. The summed E-state index contributed by atoms with van der Waals surface area (Å²) in [5.41, 5.74) is 2.07. The fourth-order valence-electron chi connectivity index (χ4n) is 1.12. The van der Waals surface area contributed by atoms with E-state index < -0.39 is 0 Å². The van der Waals surface area contributed by atoms with Crippen molar-refractivity contribution < 1.29 is 4.39 Å². The SMILES string of the molecule is CC(C)(C)c1cccc(CF)c1. The summed E-state index contributed by atoms with van der Waals surface area (Å²) in [7, 11) is 0. The van der Waals surface area contributed by atoms with E-state index in [2.05, 4.69) is 20.8 Å². The Labute approximate surface area is 73.4 Å². The van der Waals surface area contributed by atoms with Crippen LogP contribution in [0.3, 0.4) is 0 Å². The molecule has 0 atom stereocenters. The zero-order valence-corrected chi connectivity index (χ0v) is 7.89. The number of rotatable bonds is 1. The second kappa shape index (κ2) is 3.26. The first-order valence-electron chi connectivity index (χ1n) is 4.19. The van der Waals surface area contributed by atoms with Crippen LogP contribution in [0.1, 0.15) is 31.9 Å². The highest BCUT2D eigenvalue weighted by Gasteiger charge is 2.13. The fourth-order valence-corrected chi connectivity index (χ4v) is 1.12. The predicted octanol–water partition coefficient (Wildman–Crippen LogP) is 3.45. The van der Waals surface area contributed by atoms with Crippen molar-refractivity contribution in [1.29, 1.82) is 0 Å². The minimum Gasteiger partial charge on any atom is -0.246 e. The Morgan fingerprint density at radius 1 is 1.25 bits per heavy atom. The summed E-state index contributed by atoms with van der Waals surface area (Å²) in [5, 5.41) is 0. The van der Waals surface area contributed by atoms with Gasteiger partial charge in [-0.25, -0.2) is 4.39 Å². The van der Waals surface area contributed by atoms with Gasteiger partial charge in [0, 0.05) is 0 Å². The first-order valence-corrected chi connectivity index (χ1v) is 4.19. The molecule has 0 N–H and O–H groups in total. The lowest BCUT2D eigenvalue weighted by Crippen LogP contribution is -2.10. The minimum atomic E-state index is -0.371. The number of hydrogen-bond acceptors (Lipinski definition) is 0. The minimum absolute atomic E-state index is 0.116. The molecule has 1 heteroatoms. The van der Waals surface area contributed by atoms with Gasteiger partial charge in [-0.2, -0.15) is 0 Å². The predicted molar refractivity (Wildman–Crippen MR) is 50.0 cm³/mol. The fraction of sp³-hybridized carbons (Fsp3) is 0.455. The number of alkyl halides is 1. The molecule has 1 aromatic rings. The van der Waals surface area contributed by atoms with Gasteiger partial charge in [0.25, 0.3) is 0 Å². The molecule has 0 aliphatic rings. The lowest BCUT2D eigenvalue weighted by atomic mass is 9.86. The highest BCUT2D eigenvalue weighted by atomic mass is 19.1. The molecule has 12 heavy (non-hydrogen) atoms. The Hall–Kier alpha value is -0.850. The molecule has 0 amide bonds. The Morgan fingerprint density at radius 2 is 1.92 bits per heavy atom. The summed E-state index contributed by atoms with van der Waals surface area (Å²) in [4.78, 5) is 0. The molecule has 0 unspecified atom stereocenters. The van der Waals surface area contributed by atoms with E-state index >= 15 is 0 Å². The summed E-state index contributed by atoms with van der Waals surface area (Å²) in [6.07, 6.45) is 0. The Balaban J connectivity index is 3.02. The Kier molecular flexibility index (Phi) is 2.51. The molecule has 0 spiro atoms. The van der Waals surface area contributed by atoms with E-state index in [9.17, 15) is 4.39 Å². The molecule has 0 saturated heterocycles. The van der Waals surface area contributed by atoms with Crippen molar-refractivity contribution in [2.24, 2.45) is 0 Å². The second-order valence-electron chi connectivity index (χ2n) is 4.08. The molecule has 0 heterocycles. The first kappa shape index (κ1) is 9.24. The van der Waals surface area contributed by atoms with Gasteiger partial charge in [-0.3, -0.25) is 0 Å². The van der Waals surface area contributed by atoms with Gasteiger partial charge in [0.15, 0.2) is 0 Å². The summed E-state index contributed by atoms with van der Waals surface area (Å²) in [6, 6.07) is 7.70. The van der Waals surface area contributed by atoms with E-state index in [1.165, 1.54) is 5.56 Å². The molecule has 0 bridgehead atoms. The normalized spacial score (nSPS) is 11.7. The van der Waals surface area contributed by atoms with Gasteiger partial charge < -0.3 is 0 Å². The quantitative estimate of drug-likeness (QED) is 0.599. The molecule has 66 valence electrons. The van der Waals surface area contributed by atoms with Crippen molar-refractivity contribution >= 4 is 0 Å². The summed E-state index contributed by atoms with van der Waals surface area (Å²) < 4.78 is 12.3. The maximum absolute atomic E-state index is 12.3. The maximum atomic E-state index is 12.3. The third-order valence-corrected chi connectivity index (χ3v) is 1.95. The molecule has 0 fully saturated rings. The summed E-state index contributed by atoms with van der Waals surface area (Å²) in [6.45, 7) is 6.02. The van der Waals surface area contributed by atoms with E-state index in [-0.39, 0.29) is 12.1 Å². The van der Waals surface area contributed by atoms with Crippen LogP contribution in [-0.2, 0) is 12.1 Å². The van der Waals surface area contributed by atoms with E-state index in [4.69, 9.17) is 0 Å². The number of hydrogen-bond donors (Lipinski definition) is 0. The molecule has 1 aromatic carbocycles. The van der Waals surface area contributed by atoms with Crippen molar-refractivity contribution in [2.75, 3.05) is 0 Å². The van der Waals surface area contributed by atoms with Gasteiger partial charge in [-0.1, -0.05) is 45.0 Å². The zero-order valence-electron chi connectivity index (χ0n) is 7.89. The molecular weight excluding hydrogens is 151 g/mol. The molecule has 0 aromatic heterocycles. The lowest BCUT2D eigenvalue weighted by molar-refractivity contribution is 0.483. The monoisotopic (exact) mass is 166 g/mol. The maximum Gasteiger partial charge on any atom is 0.115 e. The van der Waals surface area contributed by atoms with Crippen LogP contribution in [0.2, 0.25) is 0 Å². The smallest absolute Gasteiger partial charge is 0.115 e. The van der Waals surface area contributed by atoms with Crippen LogP contribution >= 0.6 is 0 Å². The molecular formula is C11H15F. The molecule has 0 radical (unpaired) electrons. The average molecular weight is 166 g/mol. The topological polar surface area (TPSA) is 0 Å². The van der Waals surface area contributed by atoms with Crippen molar-refractivity contribution in [3.63, 3.8) is 0 Å². The Bertz CT molecular complexity index is 258. The van der Waals surface area contributed by atoms with Crippen molar-refractivity contribution in [3.8, 4) is 0 Å². The Morgan fingerprint density at radius 3 is 2.42 bits per heavy atom. The van der Waals surface area contributed by atoms with Crippen LogP contribution < -0.4 is 0 Å². The van der Waals surface area contributed by atoms with E-state index in [0.29, 0.717) is 0 Å². The number of benzene rings is 1. The standard InChI is InChI=1S/C11H15F/c1-11(2,3)10-6-4-5-9(7-10)8-12/h4-7H,8H2,1-3H3. The molecule has 0 nitrogen and oxygen atoms in total. The van der Waals surface area contributed by atoms with E-state index in [1.54, 1.807) is 0 Å². The number of halogens is 1. The average Bonchev–Trinajstić information content (AvgIpc) is 2.03. The van der Waals surface area contributed by atoms with Gasteiger partial charge in [-0.05, 0) is 16.5 Å². The van der Waals surface area contributed by atoms with Gasteiger partial charge >= 0.3 is 0 Å². The first-order chi connectivity index (χ1) is 5.54. The van der Waals surface area contributed by atoms with Crippen molar-refractivity contribution in [2.45, 2.75) is 32.9 Å². The van der Waals surface area contributed by atoms with Crippen molar-refractivity contribution in [1.82, 2.24) is 0 Å².